The van der Waals surface area contributed by atoms with Gasteiger partial charge in [0, 0.05) is 20.2 Å². The van der Waals surface area contributed by atoms with E-state index in [1.807, 2.05) is 0 Å². The molecule has 0 atom stereocenters. The molecule has 0 saturated heterocycles. The number of aliphatic hydroxyl groups excluding tert-OH is 1. The van der Waals surface area contributed by atoms with Gasteiger partial charge in [0.1, 0.15) is 5.82 Å². The van der Waals surface area contributed by atoms with Gasteiger partial charge in [-0.25, -0.2) is 12.8 Å². The van der Waals surface area contributed by atoms with Gasteiger partial charge in [0.15, 0.2) is 0 Å². The van der Waals surface area contributed by atoms with Crippen molar-refractivity contribution in [2.75, 3.05) is 26.8 Å². The number of halogens is 1. The summed E-state index contributed by atoms with van der Waals surface area (Å²) < 4.78 is 44.1. The van der Waals surface area contributed by atoms with Gasteiger partial charge in [-0.2, -0.15) is 4.31 Å². The van der Waals surface area contributed by atoms with Gasteiger partial charge in [0.2, 0.25) is 10.0 Å². The van der Waals surface area contributed by atoms with E-state index in [4.69, 9.17) is 4.74 Å². The fraction of sp³-hybridized carbons (Fsp3) is 0.500. The summed E-state index contributed by atoms with van der Waals surface area (Å²) in [5, 5.41) is 9.17. The monoisotopic (exact) mass is 291 g/mol. The van der Waals surface area contributed by atoms with Gasteiger partial charge in [-0.3, -0.25) is 0 Å². The highest BCUT2D eigenvalue weighted by Gasteiger charge is 2.25. The highest BCUT2D eigenvalue weighted by atomic mass is 32.2. The average Bonchev–Trinajstić information content (AvgIpc) is 2.39. The van der Waals surface area contributed by atoms with E-state index in [2.05, 4.69) is 0 Å². The summed E-state index contributed by atoms with van der Waals surface area (Å²) in [6, 6.07) is 3.32. The number of methoxy groups -OCH3 is 1. The van der Waals surface area contributed by atoms with Crippen LogP contribution in [0.2, 0.25) is 0 Å². The van der Waals surface area contributed by atoms with Crippen molar-refractivity contribution >= 4 is 10.0 Å². The van der Waals surface area contributed by atoms with Crippen molar-refractivity contribution in [3.05, 3.63) is 29.6 Å². The number of sulfonamides is 1. The molecule has 0 aromatic heterocycles. The molecule has 0 bridgehead atoms. The largest absolute Gasteiger partial charge is 0.392 e. The van der Waals surface area contributed by atoms with E-state index in [0.717, 1.165) is 12.1 Å². The molecule has 0 aliphatic heterocycles. The second-order valence-corrected chi connectivity index (χ2v) is 5.81. The van der Waals surface area contributed by atoms with E-state index in [-0.39, 0.29) is 30.2 Å². The van der Waals surface area contributed by atoms with Gasteiger partial charge >= 0.3 is 0 Å². The minimum atomic E-state index is -3.84. The lowest BCUT2D eigenvalue weighted by molar-refractivity contribution is 0.180. The van der Waals surface area contributed by atoms with Crippen molar-refractivity contribution in [3.63, 3.8) is 0 Å². The molecule has 1 rings (SSSR count). The molecule has 1 aromatic carbocycles. The predicted molar refractivity (Wildman–Crippen MR) is 68.6 cm³/mol. The van der Waals surface area contributed by atoms with Gasteiger partial charge < -0.3 is 9.84 Å². The van der Waals surface area contributed by atoms with Crippen LogP contribution >= 0.6 is 0 Å². The summed E-state index contributed by atoms with van der Waals surface area (Å²) in [7, 11) is -2.36. The molecule has 5 nitrogen and oxygen atoms in total. The molecule has 0 fully saturated rings. The Morgan fingerprint density at radius 1 is 1.42 bits per heavy atom. The maximum Gasteiger partial charge on any atom is 0.243 e. The summed E-state index contributed by atoms with van der Waals surface area (Å²) in [6.07, 6.45) is 0. The van der Waals surface area contributed by atoms with Crippen molar-refractivity contribution in [3.8, 4) is 0 Å². The standard InChI is InChI=1S/C12H18FNO4S/c1-3-14(6-7-18-2)19(16,17)12-8-11(13)5-4-10(12)9-15/h4-5,8,15H,3,6-7,9H2,1-2H3. The van der Waals surface area contributed by atoms with Crippen LogP contribution in [0.1, 0.15) is 12.5 Å². The first-order valence-electron chi connectivity index (χ1n) is 5.85. The number of hydrogen-bond acceptors (Lipinski definition) is 4. The third-order valence-electron chi connectivity index (χ3n) is 2.71. The number of ether oxygens (including phenoxy) is 1. The van der Waals surface area contributed by atoms with Crippen LogP contribution in [0, 0.1) is 5.82 Å². The highest BCUT2D eigenvalue weighted by molar-refractivity contribution is 7.89. The Hall–Kier alpha value is -1.02. The van der Waals surface area contributed by atoms with Crippen molar-refractivity contribution < 1.29 is 22.7 Å². The Labute approximate surface area is 112 Å². The first-order chi connectivity index (χ1) is 8.97. The van der Waals surface area contributed by atoms with Crippen LogP contribution in [0.15, 0.2) is 23.1 Å². The second-order valence-electron chi connectivity index (χ2n) is 3.90. The first kappa shape index (κ1) is 16.0. The van der Waals surface area contributed by atoms with Gasteiger partial charge in [-0.05, 0) is 17.7 Å². The fourth-order valence-corrected chi connectivity index (χ4v) is 3.34. The van der Waals surface area contributed by atoms with Crippen LogP contribution in [0.4, 0.5) is 4.39 Å². The maximum atomic E-state index is 13.2. The molecule has 0 unspecified atom stereocenters. The molecular weight excluding hydrogens is 273 g/mol. The highest BCUT2D eigenvalue weighted by Crippen LogP contribution is 2.21. The Kier molecular flexibility index (Phi) is 5.86. The normalized spacial score (nSPS) is 12.1. The molecule has 19 heavy (non-hydrogen) atoms. The fourth-order valence-electron chi connectivity index (χ4n) is 1.68. The van der Waals surface area contributed by atoms with Crippen molar-refractivity contribution in [1.29, 1.82) is 0 Å². The minimum absolute atomic E-state index is 0.177. The zero-order valence-electron chi connectivity index (χ0n) is 11.0. The number of benzene rings is 1. The Morgan fingerprint density at radius 3 is 2.63 bits per heavy atom. The maximum absolute atomic E-state index is 13.2. The summed E-state index contributed by atoms with van der Waals surface area (Å²) in [6.45, 7) is 1.89. The van der Waals surface area contributed by atoms with E-state index >= 15 is 0 Å². The zero-order chi connectivity index (χ0) is 14.5. The lowest BCUT2D eigenvalue weighted by atomic mass is 10.2. The molecule has 0 aliphatic carbocycles. The Bertz CT molecular complexity index is 518. The molecule has 0 aliphatic rings. The van der Waals surface area contributed by atoms with Crippen molar-refractivity contribution in [1.82, 2.24) is 4.31 Å². The molecule has 1 aromatic rings. The van der Waals surface area contributed by atoms with Crippen LogP contribution in [0.3, 0.4) is 0 Å². The Morgan fingerprint density at radius 2 is 2.11 bits per heavy atom. The molecule has 0 spiro atoms. The van der Waals surface area contributed by atoms with Crippen LogP contribution < -0.4 is 0 Å². The summed E-state index contributed by atoms with van der Waals surface area (Å²) >= 11 is 0. The SMILES string of the molecule is CCN(CCOC)S(=O)(=O)c1cc(F)ccc1CO. The Balaban J connectivity index is 3.20. The number of nitrogens with zero attached hydrogens (tertiary/aromatic N) is 1. The van der Waals surface area contributed by atoms with Crippen LogP contribution in [0.25, 0.3) is 0 Å². The molecule has 0 amide bonds. The molecule has 108 valence electrons. The van der Waals surface area contributed by atoms with Gasteiger partial charge in [0.25, 0.3) is 0 Å². The van der Waals surface area contributed by atoms with E-state index in [1.54, 1.807) is 6.92 Å². The topological polar surface area (TPSA) is 66.8 Å². The molecule has 7 heteroatoms. The summed E-state index contributed by atoms with van der Waals surface area (Å²) in [4.78, 5) is -0.201. The lowest BCUT2D eigenvalue weighted by Gasteiger charge is -2.21. The molecule has 0 heterocycles. The van der Waals surface area contributed by atoms with Crippen LogP contribution in [-0.2, 0) is 21.4 Å². The van der Waals surface area contributed by atoms with Gasteiger partial charge in [-0.1, -0.05) is 13.0 Å². The average molecular weight is 291 g/mol. The van der Waals surface area contributed by atoms with Crippen molar-refractivity contribution in [2.45, 2.75) is 18.4 Å². The first-order valence-corrected chi connectivity index (χ1v) is 7.29. The summed E-state index contributed by atoms with van der Waals surface area (Å²) in [5.74, 6) is -0.654. The number of hydrogen-bond donors (Lipinski definition) is 1. The minimum Gasteiger partial charge on any atom is -0.392 e. The molecule has 1 N–H and O–H groups in total. The van der Waals surface area contributed by atoms with Gasteiger partial charge in [0.05, 0.1) is 18.1 Å². The quantitative estimate of drug-likeness (QED) is 0.813. The molecule has 0 radical (unpaired) electrons. The van der Waals surface area contributed by atoms with Gasteiger partial charge in [-0.15, -0.1) is 0 Å². The number of aliphatic hydroxyl groups is 1. The van der Waals surface area contributed by atoms with E-state index in [1.165, 1.54) is 17.5 Å². The summed E-state index contributed by atoms with van der Waals surface area (Å²) in [5.41, 5.74) is 0.178. The third-order valence-corrected chi connectivity index (χ3v) is 4.77. The van der Waals surface area contributed by atoms with E-state index < -0.39 is 22.4 Å². The molecule has 0 saturated carbocycles. The smallest absolute Gasteiger partial charge is 0.243 e. The lowest BCUT2D eigenvalue weighted by Crippen LogP contribution is -2.34. The second kappa shape index (κ2) is 6.95. The van der Waals surface area contributed by atoms with E-state index in [9.17, 15) is 17.9 Å². The van der Waals surface area contributed by atoms with E-state index in [0.29, 0.717) is 0 Å². The predicted octanol–water partition coefficient (Wildman–Crippen LogP) is 0.975. The number of rotatable bonds is 7. The molecular formula is C12H18FNO4S. The van der Waals surface area contributed by atoms with Crippen molar-refractivity contribution in [2.24, 2.45) is 0 Å². The third kappa shape index (κ3) is 3.73. The van der Waals surface area contributed by atoms with Crippen LogP contribution in [-0.4, -0.2) is 44.6 Å². The van der Waals surface area contributed by atoms with Crippen LogP contribution in [0.5, 0.6) is 0 Å². The zero-order valence-corrected chi connectivity index (χ0v) is 11.8. The number of likely N-dealkylation sites (N-methyl/N-ethyl adjacent to an activating group) is 1.